The van der Waals surface area contributed by atoms with Crippen LogP contribution >= 0.6 is 24.8 Å². The van der Waals surface area contributed by atoms with Gasteiger partial charge in [-0.25, -0.2) is 0 Å². The first-order chi connectivity index (χ1) is 6.39. The molecule has 0 amide bonds. The van der Waals surface area contributed by atoms with Gasteiger partial charge in [0.05, 0.1) is 5.56 Å². The van der Waals surface area contributed by atoms with Crippen LogP contribution in [-0.2, 0) is 12.7 Å². The number of benzene rings is 1. The van der Waals surface area contributed by atoms with E-state index in [2.05, 4.69) is 0 Å². The van der Waals surface area contributed by atoms with E-state index in [1.807, 2.05) is 19.0 Å². The number of alkyl halides is 3. The lowest BCUT2D eigenvalue weighted by atomic mass is 10.1. The third kappa shape index (κ3) is 5.58. The molecule has 0 aliphatic heterocycles. The Balaban J connectivity index is 0. The van der Waals surface area contributed by atoms with Gasteiger partial charge in [0.1, 0.15) is 0 Å². The molecule has 0 saturated heterocycles. The van der Waals surface area contributed by atoms with Crippen molar-refractivity contribution in [1.82, 2.24) is 4.90 Å². The van der Waals surface area contributed by atoms with Crippen molar-refractivity contribution < 1.29 is 13.2 Å². The highest BCUT2D eigenvalue weighted by Gasteiger charge is 2.30. The van der Waals surface area contributed by atoms with Crippen LogP contribution < -0.4 is 0 Å². The molecule has 0 heterocycles. The van der Waals surface area contributed by atoms with Crippen molar-refractivity contribution in [3.8, 4) is 0 Å². The fraction of sp³-hybridized carbons (Fsp3) is 0.400. The molecule has 1 aromatic rings. The first-order valence-corrected chi connectivity index (χ1v) is 4.20. The van der Waals surface area contributed by atoms with Crippen LogP contribution in [0.4, 0.5) is 13.2 Å². The second-order valence-electron chi connectivity index (χ2n) is 3.44. The Morgan fingerprint density at radius 3 is 2.12 bits per heavy atom. The lowest BCUT2D eigenvalue weighted by Gasteiger charge is -2.12. The fourth-order valence-electron chi connectivity index (χ4n) is 1.21. The smallest absolute Gasteiger partial charge is 0.305 e. The Bertz CT molecular complexity index is 313. The van der Waals surface area contributed by atoms with Gasteiger partial charge in [-0.15, -0.1) is 24.8 Å². The minimum Gasteiger partial charge on any atom is -0.305 e. The largest absolute Gasteiger partial charge is 0.416 e. The van der Waals surface area contributed by atoms with Crippen LogP contribution in [0, 0.1) is 0 Å². The fourth-order valence-corrected chi connectivity index (χ4v) is 1.21. The van der Waals surface area contributed by atoms with E-state index in [0.29, 0.717) is 12.1 Å². The third-order valence-corrected chi connectivity index (χ3v) is 1.75. The summed E-state index contributed by atoms with van der Waals surface area (Å²) in [7, 11) is 3.64. The van der Waals surface area contributed by atoms with E-state index in [1.165, 1.54) is 12.1 Å². The Labute approximate surface area is 105 Å². The maximum absolute atomic E-state index is 12.3. The number of hydrogen-bond acceptors (Lipinski definition) is 1. The molecule has 16 heavy (non-hydrogen) atoms. The maximum atomic E-state index is 12.3. The molecule has 1 rings (SSSR count). The maximum Gasteiger partial charge on any atom is 0.416 e. The Kier molecular flexibility index (Phi) is 7.83. The van der Waals surface area contributed by atoms with Gasteiger partial charge in [-0.3, -0.25) is 0 Å². The quantitative estimate of drug-likeness (QED) is 0.797. The number of halogens is 5. The molecule has 0 spiro atoms. The lowest BCUT2D eigenvalue weighted by molar-refractivity contribution is -0.137. The zero-order valence-corrected chi connectivity index (χ0v) is 10.5. The predicted molar refractivity (Wildman–Crippen MR) is 63.3 cm³/mol. The second-order valence-corrected chi connectivity index (χ2v) is 3.44. The summed E-state index contributed by atoms with van der Waals surface area (Å²) in [6.45, 7) is 0.518. The topological polar surface area (TPSA) is 3.24 Å². The molecule has 0 N–H and O–H groups in total. The summed E-state index contributed by atoms with van der Waals surface area (Å²) in [6, 6.07) is 5.38. The molecule has 0 aromatic heterocycles. The van der Waals surface area contributed by atoms with Gasteiger partial charge in [0, 0.05) is 6.54 Å². The monoisotopic (exact) mass is 275 g/mol. The first-order valence-electron chi connectivity index (χ1n) is 4.20. The van der Waals surface area contributed by atoms with Crippen molar-refractivity contribution in [2.24, 2.45) is 0 Å². The van der Waals surface area contributed by atoms with E-state index in [-0.39, 0.29) is 24.8 Å². The van der Waals surface area contributed by atoms with E-state index < -0.39 is 11.7 Å². The van der Waals surface area contributed by atoms with Gasteiger partial charge in [-0.05, 0) is 25.7 Å². The molecule has 0 atom stereocenters. The highest BCUT2D eigenvalue weighted by molar-refractivity contribution is 5.85. The molecule has 0 saturated carbocycles. The van der Waals surface area contributed by atoms with Crippen molar-refractivity contribution in [3.05, 3.63) is 35.4 Å². The summed E-state index contributed by atoms with van der Waals surface area (Å²) in [5.41, 5.74) is 0.0849. The molecule has 94 valence electrons. The van der Waals surface area contributed by atoms with Crippen LogP contribution in [0.15, 0.2) is 24.3 Å². The van der Waals surface area contributed by atoms with Crippen molar-refractivity contribution in [2.75, 3.05) is 14.1 Å². The average Bonchev–Trinajstić information content (AvgIpc) is 2.01. The molecule has 0 aliphatic carbocycles. The van der Waals surface area contributed by atoms with E-state index in [0.717, 1.165) is 6.07 Å². The summed E-state index contributed by atoms with van der Waals surface area (Å²) < 4.78 is 36.9. The Morgan fingerprint density at radius 2 is 1.69 bits per heavy atom. The molecule has 0 aliphatic rings. The number of nitrogens with zero attached hydrogens (tertiary/aromatic N) is 1. The summed E-state index contributed by atoms with van der Waals surface area (Å²) in [4.78, 5) is 1.83. The molecular formula is C10H14Cl2F3N. The minimum absolute atomic E-state index is 0. The van der Waals surface area contributed by atoms with Gasteiger partial charge < -0.3 is 4.90 Å². The van der Waals surface area contributed by atoms with Crippen LogP contribution in [0.1, 0.15) is 11.1 Å². The SMILES string of the molecule is CN(C)Cc1cccc(C(F)(F)F)c1.Cl.Cl. The van der Waals surface area contributed by atoms with Crippen LogP contribution in [0.3, 0.4) is 0 Å². The van der Waals surface area contributed by atoms with E-state index in [1.54, 1.807) is 6.07 Å². The summed E-state index contributed by atoms with van der Waals surface area (Å²) in [5.74, 6) is 0. The highest BCUT2D eigenvalue weighted by atomic mass is 35.5. The normalized spacial score (nSPS) is 10.6. The first kappa shape index (κ1) is 17.9. The second kappa shape index (κ2) is 6.99. The van der Waals surface area contributed by atoms with Crippen LogP contribution in [0.25, 0.3) is 0 Å². The molecular weight excluding hydrogens is 262 g/mol. The highest BCUT2D eigenvalue weighted by Crippen LogP contribution is 2.29. The van der Waals surface area contributed by atoms with Gasteiger partial charge >= 0.3 is 6.18 Å². The average molecular weight is 276 g/mol. The van der Waals surface area contributed by atoms with Gasteiger partial charge in [0.25, 0.3) is 0 Å². The number of hydrogen-bond donors (Lipinski definition) is 0. The molecule has 0 bridgehead atoms. The van der Waals surface area contributed by atoms with Crippen LogP contribution in [0.2, 0.25) is 0 Å². The summed E-state index contributed by atoms with van der Waals surface area (Å²) >= 11 is 0. The zero-order chi connectivity index (χ0) is 10.8. The molecule has 0 radical (unpaired) electrons. The molecule has 0 fully saturated rings. The van der Waals surface area contributed by atoms with Crippen molar-refractivity contribution >= 4 is 24.8 Å². The van der Waals surface area contributed by atoms with Gasteiger partial charge in [-0.2, -0.15) is 13.2 Å². The minimum atomic E-state index is -4.25. The molecule has 1 aromatic carbocycles. The lowest BCUT2D eigenvalue weighted by Crippen LogP contribution is -2.12. The third-order valence-electron chi connectivity index (χ3n) is 1.75. The van der Waals surface area contributed by atoms with Gasteiger partial charge in [0.15, 0.2) is 0 Å². The van der Waals surface area contributed by atoms with Gasteiger partial charge in [-0.1, -0.05) is 18.2 Å². The molecule has 0 unspecified atom stereocenters. The molecule has 6 heteroatoms. The van der Waals surface area contributed by atoms with Crippen LogP contribution in [0.5, 0.6) is 0 Å². The summed E-state index contributed by atoms with van der Waals surface area (Å²) in [5, 5.41) is 0. The molecule has 1 nitrogen and oxygen atoms in total. The van der Waals surface area contributed by atoms with Crippen LogP contribution in [-0.4, -0.2) is 19.0 Å². The van der Waals surface area contributed by atoms with E-state index >= 15 is 0 Å². The van der Waals surface area contributed by atoms with Crippen molar-refractivity contribution in [2.45, 2.75) is 12.7 Å². The Morgan fingerprint density at radius 1 is 1.12 bits per heavy atom. The zero-order valence-electron chi connectivity index (χ0n) is 8.91. The van der Waals surface area contributed by atoms with Crippen molar-refractivity contribution in [1.29, 1.82) is 0 Å². The standard InChI is InChI=1S/C10H12F3N.2ClH/c1-14(2)7-8-4-3-5-9(6-8)10(11,12)13;;/h3-6H,7H2,1-2H3;2*1H. The van der Waals surface area contributed by atoms with Crippen molar-refractivity contribution in [3.63, 3.8) is 0 Å². The predicted octanol–water partition coefficient (Wildman–Crippen LogP) is 3.61. The van der Waals surface area contributed by atoms with E-state index in [4.69, 9.17) is 0 Å². The number of rotatable bonds is 2. The Hall–Kier alpha value is -0.450. The summed E-state index contributed by atoms with van der Waals surface area (Å²) in [6.07, 6.45) is -4.25. The van der Waals surface area contributed by atoms with Gasteiger partial charge in [0.2, 0.25) is 0 Å². The van der Waals surface area contributed by atoms with E-state index in [9.17, 15) is 13.2 Å².